The molecule has 0 heterocycles. The summed E-state index contributed by atoms with van der Waals surface area (Å²) in [7, 11) is 0. The molecule has 3 aliphatic carbocycles. The van der Waals surface area contributed by atoms with E-state index >= 15 is 0 Å². The Morgan fingerprint density at radius 3 is 2.55 bits per heavy atom. The van der Waals surface area contributed by atoms with Crippen LogP contribution in [-0.2, 0) is 0 Å². The maximum absolute atomic E-state index is 9.82. The van der Waals surface area contributed by atoms with E-state index in [1.807, 2.05) is 0 Å². The average molecular weight is 304 g/mol. The molecule has 3 saturated carbocycles. The van der Waals surface area contributed by atoms with Gasteiger partial charge in [-0.3, -0.25) is 0 Å². The van der Waals surface area contributed by atoms with Gasteiger partial charge in [0.1, 0.15) is 0 Å². The van der Waals surface area contributed by atoms with Gasteiger partial charge in [-0.05, 0) is 68.6 Å². The van der Waals surface area contributed by atoms with Crippen molar-refractivity contribution < 1.29 is 10.2 Å². The van der Waals surface area contributed by atoms with Crippen LogP contribution in [0.15, 0.2) is 23.3 Å². The average Bonchev–Trinajstić information content (AvgIpc) is 2.80. The summed E-state index contributed by atoms with van der Waals surface area (Å²) in [6.45, 7) is 4.87. The minimum Gasteiger partial charge on any atom is -0.393 e. The first-order chi connectivity index (χ1) is 10.5. The smallest absolute Gasteiger partial charge is 0.0602 e. The van der Waals surface area contributed by atoms with Crippen molar-refractivity contribution in [1.29, 1.82) is 0 Å². The van der Waals surface area contributed by atoms with Crippen molar-refractivity contribution in [2.45, 2.75) is 83.8 Å². The second-order valence-electron chi connectivity index (χ2n) is 8.11. The predicted molar refractivity (Wildman–Crippen MR) is 90.5 cm³/mol. The number of allylic oxidation sites excluding steroid dienone is 3. The number of hydrogen-bond donors (Lipinski definition) is 2. The van der Waals surface area contributed by atoms with Gasteiger partial charge in [0.05, 0.1) is 12.2 Å². The van der Waals surface area contributed by atoms with Crippen molar-refractivity contribution in [3.05, 3.63) is 23.3 Å². The van der Waals surface area contributed by atoms with E-state index in [2.05, 4.69) is 26.0 Å². The largest absolute Gasteiger partial charge is 0.393 e. The molecule has 0 aromatic carbocycles. The first-order valence-corrected chi connectivity index (χ1v) is 9.27. The summed E-state index contributed by atoms with van der Waals surface area (Å²) >= 11 is 0. The maximum atomic E-state index is 9.82. The molecule has 0 aliphatic heterocycles. The first kappa shape index (κ1) is 16.3. The van der Waals surface area contributed by atoms with E-state index < -0.39 is 0 Å². The fraction of sp³-hybridized carbons (Fsp3) is 0.800. The van der Waals surface area contributed by atoms with Crippen LogP contribution >= 0.6 is 0 Å². The third kappa shape index (κ3) is 3.05. The summed E-state index contributed by atoms with van der Waals surface area (Å²) in [5, 5.41) is 19.6. The van der Waals surface area contributed by atoms with Crippen molar-refractivity contribution in [2.24, 2.45) is 17.3 Å². The molecule has 22 heavy (non-hydrogen) atoms. The van der Waals surface area contributed by atoms with E-state index in [0.717, 1.165) is 24.7 Å². The zero-order valence-corrected chi connectivity index (χ0v) is 14.2. The fourth-order valence-electron chi connectivity index (χ4n) is 5.55. The van der Waals surface area contributed by atoms with Crippen LogP contribution in [0.4, 0.5) is 0 Å². The Morgan fingerprint density at radius 1 is 1.14 bits per heavy atom. The Bertz CT molecular complexity index is 452. The molecule has 3 rings (SSSR count). The molecule has 0 spiro atoms. The highest BCUT2D eigenvalue weighted by Gasteiger charge is 2.48. The highest BCUT2D eigenvalue weighted by Crippen LogP contribution is 2.58. The lowest BCUT2D eigenvalue weighted by atomic mass is 9.63. The van der Waals surface area contributed by atoms with E-state index in [1.165, 1.54) is 44.1 Å². The third-order valence-corrected chi connectivity index (χ3v) is 6.73. The van der Waals surface area contributed by atoms with Crippen LogP contribution in [0.25, 0.3) is 0 Å². The van der Waals surface area contributed by atoms with Gasteiger partial charge >= 0.3 is 0 Å². The Balaban J connectivity index is 1.76. The van der Waals surface area contributed by atoms with Crippen molar-refractivity contribution in [3.63, 3.8) is 0 Å². The lowest BCUT2D eigenvalue weighted by Crippen LogP contribution is -2.32. The SMILES string of the molecule is CCC1CCC2/C(=C/C=C3\CC(O)C[C@H](O)C3)CCCC12C. The van der Waals surface area contributed by atoms with E-state index in [1.54, 1.807) is 5.57 Å². The van der Waals surface area contributed by atoms with Gasteiger partial charge in [0.15, 0.2) is 0 Å². The van der Waals surface area contributed by atoms with Crippen LogP contribution in [0.2, 0.25) is 0 Å². The molecule has 0 aromatic heterocycles. The number of fused-ring (bicyclic) bond motifs is 1. The lowest BCUT2D eigenvalue weighted by Gasteiger charge is -2.42. The topological polar surface area (TPSA) is 40.5 Å². The van der Waals surface area contributed by atoms with Gasteiger partial charge in [0, 0.05) is 0 Å². The van der Waals surface area contributed by atoms with Gasteiger partial charge in [-0.25, -0.2) is 0 Å². The van der Waals surface area contributed by atoms with E-state index in [-0.39, 0.29) is 12.2 Å². The number of rotatable bonds is 2. The molecule has 4 unspecified atom stereocenters. The Labute approximate surface area is 135 Å². The molecule has 0 bridgehead atoms. The van der Waals surface area contributed by atoms with Crippen LogP contribution in [-0.4, -0.2) is 22.4 Å². The highest BCUT2D eigenvalue weighted by molar-refractivity contribution is 5.26. The monoisotopic (exact) mass is 304 g/mol. The van der Waals surface area contributed by atoms with Gasteiger partial charge in [-0.15, -0.1) is 0 Å². The minimum atomic E-state index is -0.360. The summed E-state index contributed by atoms with van der Waals surface area (Å²) in [4.78, 5) is 0. The summed E-state index contributed by atoms with van der Waals surface area (Å²) < 4.78 is 0. The summed E-state index contributed by atoms with van der Waals surface area (Å²) in [6, 6.07) is 0. The molecular weight excluding hydrogens is 272 g/mol. The molecule has 2 N–H and O–H groups in total. The minimum absolute atomic E-state index is 0.360. The summed E-state index contributed by atoms with van der Waals surface area (Å²) in [5.74, 6) is 1.66. The predicted octanol–water partition coefficient (Wildman–Crippen LogP) is 4.37. The summed E-state index contributed by atoms with van der Waals surface area (Å²) in [5.41, 5.74) is 3.37. The molecule has 0 saturated heterocycles. The Hall–Kier alpha value is -0.600. The van der Waals surface area contributed by atoms with E-state index in [9.17, 15) is 10.2 Å². The molecular formula is C20H32O2. The Kier molecular flexibility index (Phi) is 4.80. The van der Waals surface area contributed by atoms with Crippen LogP contribution in [0, 0.1) is 17.3 Å². The highest BCUT2D eigenvalue weighted by atomic mass is 16.3. The molecule has 2 heteroatoms. The Morgan fingerprint density at radius 2 is 1.86 bits per heavy atom. The van der Waals surface area contributed by atoms with Gasteiger partial charge < -0.3 is 10.2 Å². The number of aliphatic hydroxyl groups is 2. The molecule has 0 aromatic rings. The third-order valence-electron chi connectivity index (χ3n) is 6.73. The van der Waals surface area contributed by atoms with Crippen molar-refractivity contribution >= 4 is 0 Å². The number of aliphatic hydroxyl groups excluding tert-OH is 2. The summed E-state index contributed by atoms with van der Waals surface area (Å²) in [6.07, 6.45) is 13.9. The maximum Gasteiger partial charge on any atom is 0.0602 e. The van der Waals surface area contributed by atoms with Crippen molar-refractivity contribution in [3.8, 4) is 0 Å². The second-order valence-corrected chi connectivity index (χ2v) is 8.11. The van der Waals surface area contributed by atoms with Crippen molar-refractivity contribution in [2.75, 3.05) is 0 Å². The first-order valence-electron chi connectivity index (χ1n) is 9.27. The van der Waals surface area contributed by atoms with Crippen molar-refractivity contribution in [1.82, 2.24) is 0 Å². The van der Waals surface area contributed by atoms with Gasteiger partial charge in [0.2, 0.25) is 0 Å². The normalized spacial score (nSPS) is 46.2. The molecule has 0 radical (unpaired) electrons. The zero-order chi connectivity index (χ0) is 15.7. The van der Waals surface area contributed by atoms with Gasteiger partial charge in [-0.1, -0.05) is 43.6 Å². The van der Waals surface area contributed by atoms with Crippen LogP contribution < -0.4 is 0 Å². The molecule has 3 aliphatic rings. The van der Waals surface area contributed by atoms with Crippen LogP contribution in [0.5, 0.6) is 0 Å². The van der Waals surface area contributed by atoms with Crippen LogP contribution in [0.3, 0.4) is 0 Å². The standard InChI is InChI=1S/C20H32O2/c1-3-16-8-9-19-15(5-4-10-20(16,19)2)7-6-14-11-17(21)13-18(22)12-14/h6-7,16-19,21-22H,3-5,8-13H2,1-2H3/b14-6-,15-7+/t16?,17-,18?,19?,20?/m1/s1. The second kappa shape index (κ2) is 6.49. The quantitative estimate of drug-likeness (QED) is 0.795. The van der Waals surface area contributed by atoms with Crippen LogP contribution in [0.1, 0.15) is 71.6 Å². The van der Waals surface area contributed by atoms with E-state index in [4.69, 9.17) is 0 Å². The fourth-order valence-corrected chi connectivity index (χ4v) is 5.55. The van der Waals surface area contributed by atoms with E-state index in [0.29, 0.717) is 11.8 Å². The molecule has 3 fully saturated rings. The van der Waals surface area contributed by atoms with Gasteiger partial charge in [0.25, 0.3) is 0 Å². The zero-order valence-electron chi connectivity index (χ0n) is 14.2. The number of hydrogen-bond acceptors (Lipinski definition) is 2. The molecule has 5 atom stereocenters. The lowest BCUT2D eigenvalue weighted by molar-refractivity contribution is 0.0609. The molecule has 2 nitrogen and oxygen atoms in total. The molecule has 124 valence electrons. The molecule has 0 amide bonds. The van der Waals surface area contributed by atoms with Gasteiger partial charge in [-0.2, -0.15) is 0 Å².